The second-order valence-electron chi connectivity index (χ2n) is 5.00. The minimum atomic E-state index is -0.446. The van der Waals surface area contributed by atoms with Crippen LogP contribution in [0.3, 0.4) is 0 Å². The molecule has 0 radical (unpaired) electrons. The Bertz CT molecular complexity index is 492. The summed E-state index contributed by atoms with van der Waals surface area (Å²) in [6, 6.07) is 4.62. The summed E-state index contributed by atoms with van der Waals surface area (Å²) in [5.41, 5.74) is 6.10. The molecule has 0 aromatic heterocycles. The molecule has 5 heteroatoms. The summed E-state index contributed by atoms with van der Waals surface area (Å²) in [7, 11) is 0. The molecule has 1 aliphatic rings. The molecule has 0 unspecified atom stereocenters. The number of anilines is 1. The van der Waals surface area contributed by atoms with Crippen molar-refractivity contribution in [3.8, 4) is 0 Å². The summed E-state index contributed by atoms with van der Waals surface area (Å²) in [6.07, 6.45) is 2.63. The Morgan fingerprint density at radius 3 is 2.72 bits per heavy atom. The fourth-order valence-electron chi connectivity index (χ4n) is 2.77. The summed E-state index contributed by atoms with van der Waals surface area (Å²) in [5.74, 6) is 0.360. The first-order valence-electron chi connectivity index (χ1n) is 5.89. The van der Waals surface area contributed by atoms with Crippen LogP contribution in [-0.2, 0) is 5.41 Å². The van der Waals surface area contributed by atoms with Crippen LogP contribution in [0.1, 0.15) is 25.3 Å². The zero-order chi connectivity index (χ0) is 13.3. The summed E-state index contributed by atoms with van der Waals surface area (Å²) in [5, 5.41) is 17.7. The molecule has 0 bridgehead atoms. The van der Waals surface area contributed by atoms with E-state index < -0.39 is 11.2 Å². The minimum absolute atomic E-state index is 0.106. The van der Waals surface area contributed by atoms with Gasteiger partial charge in [0.1, 0.15) is 11.7 Å². The Balaban J connectivity index is 2.38. The number of benzene rings is 1. The average Bonchev–Trinajstić information content (AvgIpc) is 2.28. The van der Waals surface area contributed by atoms with Gasteiger partial charge in [-0.2, -0.15) is 0 Å². The zero-order valence-corrected chi connectivity index (χ0v) is 10.3. The van der Waals surface area contributed by atoms with Gasteiger partial charge in [-0.05, 0) is 36.5 Å². The Morgan fingerprint density at radius 2 is 2.22 bits per heavy atom. The van der Waals surface area contributed by atoms with Crippen molar-refractivity contribution in [3.05, 3.63) is 29.6 Å². The van der Waals surface area contributed by atoms with E-state index >= 15 is 0 Å². The monoisotopic (exact) mass is 248 g/mol. The molecule has 4 nitrogen and oxygen atoms in total. The Hall–Kier alpha value is -1.91. The van der Waals surface area contributed by atoms with Crippen molar-refractivity contribution in [1.82, 2.24) is 5.32 Å². The van der Waals surface area contributed by atoms with Crippen molar-refractivity contribution in [2.24, 2.45) is 5.92 Å². The van der Waals surface area contributed by atoms with Gasteiger partial charge in [-0.3, -0.25) is 10.8 Å². The normalized spacial score (nSPS) is 26.2. The lowest BCUT2D eigenvalue weighted by Crippen LogP contribution is -2.51. The molecule has 0 spiro atoms. The fraction of sp³-hybridized carbons (Fsp3) is 0.385. The third kappa shape index (κ3) is 1.85. The molecule has 1 saturated carbocycles. The number of rotatable bonds is 3. The van der Waals surface area contributed by atoms with Gasteiger partial charge in [0.15, 0.2) is 0 Å². The number of hydrogen-bond donors (Lipinski definition) is 4. The highest BCUT2D eigenvalue weighted by Gasteiger charge is 2.47. The lowest BCUT2D eigenvalue weighted by atomic mass is 9.58. The second-order valence-corrected chi connectivity index (χ2v) is 5.00. The zero-order valence-electron chi connectivity index (χ0n) is 10.3. The third-order valence-corrected chi connectivity index (χ3v) is 3.64. The van der Waals surface area contributed by atoms with Crippen molar-refractivity contribution in [2.45, 2.75) is 25.2 Å². The first-order valence-corrected chi connectivity index (χ1v) is 5.89. The van der Waals surface area contributed by atoms with Gasteiger partial charge in [0.05, 0.1) is 17.4 Å². The van der Waals surface area contributed by atoms with E-state index in [9.17, 15) is 4.39 Å². The molecule has 1 aromatic rings. The molecule has 0 heterocycles. The molecular formula is C13H17FN4. The average molecular weight is 248 g/mol. The van der Waals surface area contributed by atoms with Crippen molar-refractivity contribution in [3.63, 3.8) is 0 Å². The molecule has 1 aliphatic carbocycles. The molecule has 1 aromatic carbocycles. The maximum atomic E-state index is 13.2. The lowest BCUT2D eigenvalue weighted by molar-refractivity contribution is 0.225. The number of nitrogens with two attached hydrogens (primary N) is 1. The van der Waals surface area contributed by atoms with Crippen LogP contribution in [0, 0.1) is 22.6 Å². The van der Waals surface area contributed by atoms with E-state index in [1.54, 1.807) is 12.1 Å². The molecule has 1 fully saturated rings. The van der Waals surface area contributed by atoms with Gasteiger partial charge in [-0.1, -0.05) is 13.0 Å². The summed E-state index contributed by atoms with van der Waals surface area (Å²) >= 11 is 0. The van der Waals surface area contributed by atoms with Crippen molar-refractivity contribution in [1.29, 1.82) is 10.8 Å². The number of halogens is 1. The maximum Gasteiger partial charge on any atom is 0.146 e. The first-order chi connectivity index (χ1) is 8.49. The highest BCUT2D eigenvalue weighted by atomic mass is 19.1. The Kier molecular flexibility index (Phi) is 3.07. The van der Waals surface area contributed by atoms with Crippen molar-refractivity contribution in [2.75, 3.05) is 5.73 Å². The van der Waals surface area contributed by atoms with Crippen LogP contribution in [0.4, 0.5) is 10.1 Å². The molecular weight excluding hydrogens is 231 g/mol. The summed E-state index contributed by atoms with van der Waals surface area (Å²) < 4.78 is 13.2. The largest absolute Gasteiger partial charge is 0.396 e. The van der Waals surface area contributed by atoms with Gasteiger partial charge in [-0.15, -0.1) is 0 Å². The smallest absolute Gasteiger partial charge is 0.146 e. The Labute approximate surface area is 105 Å². The predicted molar refractivity (Wildman–Crippen MR) is 70.5 cm³/mol. The molecule has 0 atom stereocenters. The first kappa shape index (κ1) is 12.5. The Morgan fingerprint density at radius 1 is 1.56 bits per heavy atom. The second kappa shape index (κ2) is 4.40. The molecule has 0 amide bonds. The third-order valence-electron chi connectivity index (χ3n) is 3.64. The molecule has 0 saturated heterocycles. The number of nitrogen functional groups attached to an aromatic ring is 1. The van der Waals surface area contributed by atoms with E-state index in [1.807, 2.05) is 0 Å². The van der Waals surface area contributed by atoms with Crippen molar-refractivity contribution >= 4 is 17.9 Å². The van der Waals surface area contributed by atoms with Crippen LogP contribution in [0.15, 0.2) is 18.2 Å². The molecule has 18 heavy (non-hydrogen) atoms. The van der Waals surface area contributed by atoms with Crippen LogP contribution in [-0.4, -0.2) is 12.2 Å². The maximum absolute atomic E-state index is 13.2. The van der Waals surface area contributed by atoms with Crippen LogP contribution < -0.4 is 11.1 Å². The van der Waals surface area contributed by atoms with Gasteiger partial charge >= 0.3 is 0 Å². The van der Waals surface area contributed by atoms with Gasteiger partial charge < -0.3 is 11.1 Å². The predicted octanol–water partition coefficient (Wildman–Crippen LogP) is 2.25. The fourth-order valence-corrected chi connectivity index (χ4v) is 2.77. The molecule has 2 rings (SSSR count). The quantitative estimate of drug-likeness (QED) is 0.375. The molecule has 96 valence electrons. The van der Waals surface area contributed by atoms with Gasteiger partial charge in [-0.25, -0.2) is 4.39 Å². The van der Waals surface area contributed by atoms with Crippen molar-refractivity contribution < 1.29 is 4.39 Å². The SMILES string of the molecule is C[C@H]1C[C@](C(=N)NC=N)(c2ccc(F)c(N)c2)C1. The highest BCUT2D eigenvalue weighted by Crippen LogP contribution is 2.48. The topological polar surface area (TPSA) is 85.8 Å². The number of nitrogens with one attached hydrogen (secondary N) is 3. The summed E-state index contributed by atoms with van der Waals surface area (Å²) in [6.45, 7) is 2.11. The van der Waals surface area contributed by atoms with E-state index in [2.05, 4.69) is 12.2 Å². The standard InChI is InChI=1S/C13H17FN4/c1-8-5-13(6-8,12(17)18-7-15)9-2-3-10(14)11(16)4-9/h2-4,7-8H,5-6,16H2,1H3,(H3,15,17,18)/t8-,13+. The summed E-state index contributed by atoms with van der Waals surface area (Å²) in [4.78, 5) is 0. The van der Waals surface area contributed by atoms with Crippen LogP contribution >= 0.6 is 0 Å². The molecule has 0 aliphatic heterocycles. The van der Waals surface area contributed by atoms with E-state index in [0.717, 1.165) is 24.7 Å². The van der Waals surface area contributed by atoms with Gasteiger partial charge in [0.2, 0.25) is 0 Å². The van der Waals surface area contributed by atoms with E-state index in [1.165, 1.54) is 6.07 Å². The highest BCUT2D eigenvalue weighted by molar-refractivity contribution is 5.98. The van der Waals surface area contributed by atoms with E-state index in [0.29, 0.717) is 5.92 Å². The van der Waals surface area contributed by atoms with Gasteiger partial charge in [0, 0.05) is 0 Å². The van der Waals surface area contributed by atoms with Crippen LogP contribution in [0.5, 0.6) is 0 Å². The lowest BCUT2D eigenvalue weighted by Gasteiger charge is -2.47. The number of hydrogen-bond acceptors (Lipinski definition) is 3. The van der Waals surface area contributed by atoms with E-state index in [4.69, 9.17) is 16.6 Å². The number of amidine groups is 1. The van der Waals surface area contributed by atoms with Gasteiger partial charge in [0.25, 0.3) is 0 Å². The van der Waals surface area contributed by atoms with Crippen LogP contribution in [0.25, 0.3) is 0 Å². The minimum Gasteiger partial charge on any atom is -0.396 e. The van der Waals surface area contributed by atoms with Crippen LogP contribution in [0.2, 0.25) is 0 Å². The molecule has 5 N–H and O–H groups in total. The van der Waals surface area contributed by atoms with E-state index in [-0.39, 0.29) is 11.5 Å².